The Bertz CT molecular complexity index is 1560. The molecule has 6 heteroatoms. The van der Waals surface area contributed by atoms with E-state index in [0.29, 0.717) is 16.7 Å². The minimum absolute atomic E-state index is 0.0839. The number of methoxy groups -OCH3 is 1. The monoisotopic (exact) mass is 533 g/mol. The van der Waals surface area contributed by atoms with Gasteiger partial charge in [-0.1, -0.05) is 12.1 Å². The van der Waals surface area contributed by atoms with Crippen molar-refractivity contribution in [2.45, 2.75) is 6.92 Å². The molecule has 0 unspecified atom stereocenters. The molecule has 5 rings (SSSR count). The molecule has 0 radical (unpaired) electrons. The lowest BCUT2D eigenvalue weighted by Gasteiger charge is -2.12. The highest BCUT2D eigenvalue weighted by atomic mass is 127. The average Bonchev–Trinajstić information content (AvgIpc) is 3.20. The summed E-state index contributed by atoms with van der Waals surface area (Å²) in [5.74, 6) is 1.37. The Hall–Kier alpha value is -3.39. The lowest BCUT2D eigenvalue weighted by atomic mass is 10.1. The Labute approximate surface area is 198 Å². The Kier molecular flexibility index (Phi) is 5.30. The van der Waals surface area contributed by atoms with Crippen LogP contribution in [-0.4, -0.2) is 21.6 Å². The van der Waals surface area contributed by atoms with Crippen LogP contribution in [0.3, 0.4) is 0 Å². The van der Waals surface area contributed by atoms with Crippen molar-refractivity contribution in [3.8, 4) is 11.4 Å². The van der Waals surface area contributed by atoms with Crippen LogP contribution in [0.2, 0.25) is 0 Å². The van der Waals surface area contributed by atoms with E-state index in [9.17, 15) is 4.79 Å². The predicted molar refractivity (Wildman–Crippen MR) is 139 cm³/mol. The van der Waals surface area contributed by atoms with E-state index in [-0.39, 0.29) is 5.56 Å². The maximum absolute atomic E-state index is 13.5. The predicted octanol–water partition coefficient (Wildman–Crippen LogP) is 5.96. The molecule has 2 aromatic heterocycles. The van der Waals surface area contributed by atoms with Crippen LogP contribution in [0, 0.1) is 10.5 Å². The molecule has 5 aromatic rings. The number of ether oxygens (including phenoxy) is 1. The average molecular weight is 533 g/mol. The molecule has 1 N–H and O–H groups in total. The van der Waals surface area contributed by atoms with Gasteiger partial charge >= 0.3 is 0 Å². The van der Waals surface area contributed by atoms with E-state index in [1.807, 2.05) is 85.9 Å². The summed E-state index contributed by atoms with van der Waals surface area (Å²) in [5, 5.41) is 1.65. The Morgan fingerprint density at radius 1 is 1.03 bits per heavy atom. The maximum Gasteiger partial charge on any atom is 0.266 e. The van der Waals surface area contributed by atoms with Gasteiger partial charge in [-0.05, 0) is 95.8 Å². The molecule has 0 aliphatic carbocycles. The van der Waals surface area contributed by atoms with E-state index in [0.717, 1.165) is 37.0 Å². The highest BCUT2D eigenvalue weighted by molar-refractivity contribution is 14.1. The number of benzene rings is 3. The molecule has 3 aromatic carbocycles. The number of hydrogen-bond donors (Lipinski definition) is 1. The summed E-state index contributed by atoms with van der Waals surface area (Å²) < 4.78 is 8.05. The summed E-state index contributed by atoms with van der Waals surface area (Å²) in [5.41, 5.74) is 4.48. The van der Waals surface area contributed by atoms with Gasteiger partial charge in [0.25, 0.3) is 5.56 Å². The van der Waals surface area contributed by atoms with Crippen molar-refractivity contribution >= 4 is 56.5 Å². The molecule has 0 saturated heterocycles. The number of nitrogens with one attached hydrogen (secondary N) is 1. The molecular formula is C26H20IN3O2. The van der Waals surface area contributed by atoms with Crippen LogP contribution in [0.4, 0.5) is 0 Å². The standard InChI is InChI=1S/C26H20IN3O2/c1-16-4-3-5-19(12-16)30-25(29-24-9-7-18(27)13-22(24)26(30)31)11-6-17-15-28-23-10-8-20(32-2)14-21(17)23/h3-15,28H,1-2H3/b11-6+. The number of halogens is 1. The zero-order chi connectivity index (χ0) is 22.2. The minimum atomic E-state index is -0.0839. The van der Waals surface area contributed by atoms with Gasteiger partial charge in [0.2, 0.25) is 0 Å². The van der Waals surface area contributed by atoms with Crippen LogP contribution < -0.4 is 10.3 Å². The third-order valence-corrected chi connectivity index (χ3v) is 6.12. The van der Waals surface area contributed by atoms with Crippen molar-refractivity contribution in [2.24, 2.45) is 0 Å². The second kappa shape index (κ2) is 8.27. The quantitative estimate of drug-likeness (QED) is 0.290. The molecule has 0 saturated carbocycles. The van der Waals surface area contributed by atoms with Crippen molar-refractivity contribution in [3.05, 3.63) is 97.7 Å². The smallest absolute Gasteiger partial charge is 0.266 e. The number of H-pyrrole nitrogens is 1. The van der Waals surface area contributed by atoms with Crippen molar-refractivity contribution in [1.82, 2.24) is 14.5 Å². The summed E-state index contributed by atoms with van der Waals surface area (Å²) in [6, 6.07) is 19.6. The fourth-order valence-electron chi connectivity index (χ4n) is 3.85. The van der Waals surface area contributed by atoms with Gasteiger partial charge in [-0.15, -0.1) is 0 Å². The number of nitrogens with zero attached hydrogens (tertiary/aromatic N) is 2. The maximum atomic E-state index is 13.5. The molecule has 0 fully saturated rings. The SMILES string of the molecule is COc1ccc2[nH]cc(/C=C/c3nc4ccc(I)cc4c(=O)n3-c3cccc(C)c3)c2c1. The second-order valence-electron chi connectivity index (χ2n) is 7.60. The third-order valence-electron chi connectivity index (χ3n) is 5.45. The number of fused-ring (bicyclic) bond motifs is 2. The van der Waals surface area contributed by atoms with Crippen molar-refractivity contribution in [2.75, 3.05) is 7.11 Å². The van der Waals surface area contributed by atoms with Crippen molar-refractivity contribution in [3.63, 3.8) is 0 Å². The second-order valence-corrected chi connectivity index (χ2v) is 8.85. The number of rotatable bonds is 4. The van der Waals surface area contributed by atoms with Crippen molar-refractivity contribution in [1.29, 1.82) is 0 Å². The molecule has 0 aliphatic heterocycles. The molecule has 0 amide bonds. The molecule has 0 spiro atoms. The normalized spacial score (nSPS) is 11.6. The lowest BCUT2D eigenvalue weighted by Crippen LogP contribution is -2.22. The molecule has 5 nitrogen and oxygen atoms in total. The molecule has 32 heavy (non-hydrogen) atoms. The van der Waals surface area contributed by atoms with Crippen LogP contribution >= 0.6 is 22.6 Å². The fraction of sp³-hybridized carbons (Fsp3) is 0.0769. The molecular weight excluding hydrogens is 513 g/mol. The van der Waals surface area contributed by atoms with E-state index in [4.69, 9.17) is 9.72 Å². The third kappa shape index (κ3) is 3.71. The Morgan fingerprint density at radius 3 is 2.72 bits per heavy atom. The summed E-state index contributed by atoms with van der Waals surface area (Å²) in [6.45, 7) is 2.01. The van der Waals surface area contributed by atoms with Gasteiger partial charge in [0.1, 0.15) is 11.6 Å². The first-order chi connectivity index (χ1) is 15.5. The van der Waals surface area contributed by atoms with Gasteiger partial charge in [-0.25, -0.2) is 4.98 Å². The van der Waals surface area contributed by atoms with Crippen LogP contribution in [0.15, 0.2) is 71.7 Å². The molecule has 0 aliphatic rings. The Morgan fingerprint density at radius 2 is 1.91 bits per heavy atom. The first-order valence-electron chi connectivity index (χ1n) is 10.2. The zero-order valence-corrected chi connectivity index (χ0v) is 19.8. The number of hydrogen-bond acceptors (Lipinski definition) is 3. The first-order valence-corrected chi connectivity index (χ1v) is 11.2. The molecule has 158 valence electrons. The summed E-state index contributed by atoms with van der Waals surface area (Å²) in [7, 11) is 1.66. The van der Waals surface area contributed by atoms with Gasteiger partial charge < -0.3 is 9.72 Å². The summed E-state index contributed by atoms with van der Waals surface area (Å²) in [6.07, 6.45) is 5.81. The summed E-state index contributed by atoms with van der Waals surface area (Å²) in [4.78, 5) is 21.6. The fourth-order valence-corrected chi connectivity index (χ4v) is 4.35. The molecule has 0 bridgehead atoms. The van der Waals surface area contributed by atoms with E-state index in [1.165, 1.54) is 0 Å². The first kappa shape index (κ1) is 20.5. The number of aromatic nitrogens is 3. The van der Waals surface area contributed by atoms with Gasteiger partial charge in [-0.3, -0.25) is 9.36 Å². The van der Waals surface area contributed by atoms with Crippen molar-refractivity contribution < 1.29 is 4.74 Å². The van der Waals surface area contributed by atoms with Gasteiger partial charge in [0.15, 0.2) is 0 Å². The Balaban J connectivity index is 1.72. The highest BCUT2D eigenvalue weighted by Crippen LogP contribution is 2.25. The van der Waals surface area contributed by atoms with E-state index in [1.54, 1.807) is 11.7 Å². The molecule has 2 heterocycles. The van der Waals surface area contributed by atoms with Gasteiger partial charge in [0, 0.05) is 26.2 Å². The van der Waals surface area contributed by atoms with Gasteiger partial charge in [0.05, 0.1) is 23.7 Å². The van der Waals surface area contributed by atoms with Crippen LogP contribution in [-0.2, 0) is 0 Å². The number of aromatic amines is 1. The summed E-state index contributed by atoms with van der Waals surface area (Å²) >= 11 is 2.22. The van der Waals surface area contributed by atoms with Crippen LogP contribution in [0.25, 0.3) is 39.6 Å². The van der Waals surface area contributed by atoms with Crippen LogP contribution in [0.1, 0.15) is 17.0 Å². The van der Waals surface area contributed by atoms with E-state index >= 15 is 0 Å². The zero-order valence-electron chi connectivity index (χ0n) is 17.6. The number of aryl methyl sites for hydroxylation is 1. The highest BCUT2D eigenvalue weighted by Gasteiger charge is 2.12. The van der Waals surface area contributed by atoms with E-state index < -0.39 is 0 Å². The van der Waals surface area contributed by atoms with Crippen LogP contribution in [0.5, 0.6) is 5.75 Å². The molecule has 0 atom stereocenters. The largest absolute Gasteiger partial charge is 0.497 e. The topological polar surface area (TPSA) is 59.9 Å². The van der Waals surface area contributed by atoms with E-state index in [2.05, 4.69) is 27.6 Å². The lowest BCUT2D eigenvalue weighted by molar-refractivity contribution is 0.415. The van der Waals surface area contributed by atoms with Gasteiger partial charge in [-0.2, -0.15) is 0 Å². The minimum Gasteiger partial charge on any atom is -0.497 e.